The summed E-state index contributed by atoms with van der Waals surface area (Å²) in [6.45, 7) is 4.47. The lowest BCUT2D eigenvalue weighted by Gasteiger charge is -2.11. The second kappa shape index (κ2) is 26.5. The molecule has 10 aromatic rings. The maximum atomic E-state index is 8.92. The van der Waals surface area contributed by atoms with E-state index in [0.717, 1.165) is 44.4 Å². The molecule has 0 saturated carbocycles. The van der Waals surface area contributed by atoms with Gasteiger partial charge in [-0.25, -0.2) is 9.97 Å². The van der Waals surface area contributed by atoms with Gasteiger partial charge in [-0.2, -0.15) is 0 Å². The molecule has 8 aromatic carbocycles. The van der Waals surface area contributed by atoms with Crippen molar-refractivity contribution >= 4 is 50.3 Å². The fourth-order valence-corrected chi connectivity index (χ4v) is 9.50. The third-order valence-electron chi connectivity index (χ3n) is 13.1. The minimum Gasteiger partial charge on any atom is -0.423 e. The van der Waals surface area contributed by atoms with E-state index in [1.54, 1.807) is 12.1 Å². The second-order valence-electron chi connectivity index (χ2n) is 18.4. The zero-order valence-corrected chi connectivity index (χ0v) is 43.2. The lowest BCUT2D eigenvalue weighted by Crippen LogP contribution is -2.29. The number of rotatable bonds is 16. The smallest absolute Gasteiger partial charge is 0.423 e. The highest BCUT2D eigenvalue weighted by Gasteiger charge is 2.13. The minimum atomic E-state index is -1.35. The molecular weight excluding hydrogens is 943 g/mol. The first-order valence-electron chi connectivity index (χ1n) is 25.7. The van der Waals surface area contributed by atoms with Crippen molar-refractivity contribution in [2.24, 2.45) is 0 Å². The molecule has 360 valence electrons. The van der Waals surface area contributed by atoms with Crippen LogP contribution in [-0.2, 0) is 12.8 Å². The van der Waals surface area contributed by atoms with Crippen LogP contribution in [0.2, 0.25) is 0 Å². The molecule has 0 bridgehead atoms. The van der Waals surface area contributed by atoms with E-state index in [1.165, 1.54) is 113 Å². The van der Waals surface area contributed by atoms with E-state index in [9.17, 15) is 0 Å². The van der Waals surface area contributed by atoms with Crippen LogP contribution in [0, 0.1) is 0 Å². The maximum absolute atomic E-state index is 8.92. The van der Waals surface area contributed by atoms with Gasteiger partial charge in [-0.15, -0.1) is 0 Å². The van der Waals surface area contributed by atoms with Gasteiger partial charge < -0.3 is 10.0 Å². The summed E-state index contributed by atoms with van der Waals surface area (Å²) in [5.74, 6) is 0. The van der Waals surface area contributed by atoms with Crippen LogP contribution >= 0.6 is 15.9 Å². The Morgan fingerprint density at radius 1 is 0.375 bits per heavy atom. The van der Waals surface area contributed by atoms with Crippen molar-refractivity contribution in [1.29, 1.82) is 0 Å². The third kappa shape index (κ3) is 14.1. The highest BCUT2D eigenvalue weighted by molar-refractivity contribution is 9.10. The van der Waals surface area contributed by atoms with Crippen molar-refractivity contribution in [2.45, 2.75) is 78.1 Å². The molecule has 10 rings (SSSR count). The molecule has 2 aromatic heterocycles. The van der Waals surface area contributed by atoms with Gasteiger partial charge in [0.05, 0.1) is 22.4 Å². The molecule has 0 saturated heterocycles. The highest BCUT2D eigenvalue weighted by atomic mass is 79.9. The number of halogens is 1. The monoisotopic (exact) mass is 1010 g/mol. The van der Waals surface area contributed by atoms with Crippen LogP contribution in [0.4, 0.5) is 0 Å². The van der Waals surface area contributed by atoms with Crippen molar-refractivity contribution in [3.8, 4) is 55.9 Å². The molecule has 2 heterocycles. The lowest BCUT2D eigenvalue weighted by atomic mass is 9.80. The molecule has 72 heavy (non-hydrogen) atoms. The number of pyridine rings is 2. The van der Waals surface area contributed by atoms with Gasteiger partial charge in [-0.1, -0.05) is 244 Å². The second-order valence-corrected chi connectivity index (χ2v) is 19.3. The predicted molar refractivity (Wildman–Crippen MR) is 310 cm³/mol. The molecule has 6 heteroatoms. The van der Waals surface area contributed by atoms with Crippen LogP contribution < -0.4 is 5.46 Å². The van der Waals surface area contributed by atoms with E-state index in [-0.39, 0.29) is 0 Å². The fraction of sp³-hybridized carbons (Fsp3) is 0.182. The molecule has 0 spiro atoms. The van der Waals surface area contributed by atoms with E-state index >= 15 is 0 Å². The van der Waals surface area contributed by atoms with Crippen molar-refractivity contribution in [3.63, 3.8) is 0 Å². The summed E-state index contributed by atoms with van der Waals surface area (Å²) in [7, 11) is -1.35. The Morgan fingerprint density at radius 2 is 0.806 bits per heavy atom. The van der Waals surface area contributed by atoms with E-state index in [1.807, 2.05) is 36.4 Å². The van der Waals surface area contributed by atoms with Crippen molar-refractivity contribution < 1.29 is 10.0 Å². The Bertz CT molecular complexity index is 3250. The summed E-state index contributed by atoms with van der Waals surface area (Å²) in [6, 6.07) is 75.8. The van der Waals surface area contributed by atoms with Gasteiger partial charge in [-0.3, -0.25) is 0 Å². The predicted octanol–water partition coefficient (Wildman–Crippen LogP) is 17.2. The third-order valence-corrected chi connectivity index (χ3v) is 13.6. The molecule has 0 aliphatic heterocycles. The average Bonchev–Trinajstić information content (AvgIpc) is 3.44. The Balaban J connectivity index is 0.000000157. The molecular formula is C66H64BBrN2O2. The summed E-state index contributed by atoms with van der Waals surface area (Å²) in [6.07, 6.45) is 12.5. The Morgan fingerprint density at radius 3 is 1.29 bits per heavy atom. The number of para-hydroxylation sites is 2. The van der Waals surface area contributed by atoms with Crippen LogP contribution in [0.1, 0.15) is 76.3 Å². The summed E-state index contributed by atoms with van der Waals surface area (Å²) in [4.78, 5) is 9.88. The molecule has 0 aliphatic rings. The van der Waals surface area contributed by atoms with Crippen LogP contribution in [-0.4, -0.2) is 27.1 Å². The minimum absolute atomic E-state index is 0.562. The van der Waals surface area contributed by atoms with E-state index < -0.39 is 7.12 Å². The number of hydrogen-bond acceptors (Lipinski definition) is 4. The zero-order chi connectivity index (χ0) is 49.9. The summed E-state index contributed by atoms with van der Waals surface area (Å²) >= 11 is 3.54. The normalized spacial score (nSPS) is 10.8. The molecule has 0 unspecified atom stereocenters. The lowest BCUT2D eigenvalue weighted by molar-refractivity contribution is 0.426. The van der Waals surface area contributed by atoms with Gasteiger partial charge in [0.1, 0.15) is 0 Å². The zero-order valence-electron chi connectivity index (χ0n) is 41.6. The quantitative estimate of drug-likeness (QED) is 0.0748. The molecule has 4 nitrogen and oxygen atoms in total. The van der Waals surface area contributed by atoms with Gasteiger partial charge >= 0.3 is 7.12 Å². The van der Waals surface area contributed by atoms with Crippen molar-refractivity contribution in [1.82, 2.24) is 9.97 Å². The summed E-state index contributed by atoms with van der Waals surface area (Å²) in [5.41, 5.74) is 16.9. The van der Waals surface area contributed by atoms with Gasteiger partial charge in [0.2, 0.25) is 0 Å². The number of fused-ring (bicyclic) bond motifs is 2. The molecule has 0 aliphatic carbocycles. The Hall–Kier alpha value is -6.96. The molecule has 0 atom stereocenters. The first-order chi connectivity index (χ1) is 35.4. The van der Waals surface area contributed by atoms with Gasteiger partial charge in [-0.05, 0) is 118 Å². The van der Waals surface area contributed by atoms with Crippen LogP contribution in [0.3, 0.4) is 0 Å². The number of benzene rings is 8. The number of unbranched alkanes of at least 4 members (excludes halogenated alkanes) is 6. The Kier molecular flexibility index (Phi) is 18.9. The SMILES string of the molecule is Brc1cccc(-c2cc(-c3ccccc3)c3ccccc3n2)c1.CCCCCCc1ccc(-c2cccc(-c3cc(-c4ccccc4)c4ccccc4n3)c2)cc1.CCCCCCc1ccc(B(O)O)cc1. The summed E-state index contributed by atoms with van der Waals surface area (Å²) < 4.78 is 1.06. The van der Waals surface area contributed by atoms with Crippen molar-refractivity contribution in [3.05, 3.63) is 234 Å². The summed E-state index contributed by atoms with van der Waals surface area (Å²) in [5, 5.41) is 20.2. The molecule has 0 radical (unpaired) electrons. The Labute approximate surface area is 435 Å². The number of aryl methyl sites for hydroxylation is 2. The van der Waals surface area contributed by atoms with Gasteiger partial charge in [0.15, 0.2) is 0 Å². The average molecular weight is 1010 g/mol. The number of hydrogen-bond donors (Lipinski definition) is 2. The van der Waals surface area contributed by atoms with Crippen LogP contribution in [0.25, 0.3) is 77.7 Å². The fourth-order valence-electron chi connectivity index (χ4n) is 9.10. The first-order valence-corrected chi connectivity index (χ1v) is 26.5. The molecule has 0 amide bonds. The van der Waals surface area contributed by atoms with Gasteiger partial charge in [0, 0.05) is 26.4 Å². The van der Waals surface area contributed by atoms with Crippen molar-refractivity contribution in [2.75, 3.05) is 0 Å². The molecule has 0 fully saturated rings. The van der Waals surface area contributed by atoms with Crippen LogP contribution in [0.15, 0.2) is 223 Å². The topological polar surface area (TPSA) is 66.2 Å². The highest BCUT2D eigenvalue weighted by Crippen LogP contribution is 2.35. The first kappa shape index (κ1) is 51.4. The number of aromatic nitrogens is 2. The van der Waals surface area contributed by atoms with E-state index in [2.05, 4.69) is 200 Å². The number of nitrogens with zero attached hydrogens (tertiary/aromatic N) is 2. The molecule has 2 N–H and O–H groups in total. The van der Waals surface area contributed by atoms with Gasteiger partial charge in [0.25, 0.3) is 0 Å². The van der Waals surface area contributed by atoms with Crippen LogP contribution in [0.5, 0.6) is 0 Å². The van der Waals surface area contributed by atoms with E-state index in [4.69, 9.17) is 20.0 Å². The van der Waals surface area contributed by atoms with E-state index in [0.29, 0.717) is 5.46 Å². The standard InChI is InChI=1S/C33H31N.C21H14BrN.C12H19BO2/c1-2-3-4-6-12-25-19-21-26(22-20-25)28-15-11-16-29(23-28)33-24-31(27-13-7-5-8-14-27)30-17-9-10-18-32(30)34-33;22-17-10-6-9-16(13-17)21-14-19(15-7-2-1-3-8-15)18-11-4-5-12-20(18)23-21;1-2-3-4-5-6-11-7-9-12(10-8-11)13(14)15/h5,7-11,13-24H,2-4,6,12H2,1H3;1-14H;7-10,14-15H,2-6H2,1H3. The largest absolute Gasteiger partial charge is 0.488 e. The maximum Gasteiger partial charge on any atom is 0.488 e.